The van der Waals surface area contributed by atoms with Crippen molar-refractivity contribution in [3.8, 4) is 0 Å². The van der Waals surface area contributed by atoms with Crippen molar-refractivity contribution >= 4 is 5.91 Å². The molecule has 1 saturated carbocycles. The van der Waals surface area contributed by atoms with Crippen LogP contribution in [0.5, 0.6) is 0 Å². The Balaban J connectivity index is 1.86. The van der Waals surface area contributed by atoms with Crippen molar-refractivity contribution in [2.75, 3.05) is 6.54 Å². The van der Waals surface area contributed by atoms with Gasteiger partial charge in [-0.3, -0.25) is 4.79 Å². The van der Waals surface area contributed by atoms with E-state index in [1.165, 1.54) is 0 Å². The van der Waals surface area contributed by atoms with E-state index < -0.39 is 0 Å². The molecule has 0 bridgehead atoms. The standard InChI is InChI=1S/C16H28N4O/c1-12(2)8-13(10-17)9-16(21)19-14-4-3-5-15(14)20-7-6-18-11-20/h6-7,11-15H,3-5,8-10,17H2,1-2H3,(H,19,21). The fourth-order valence-electron chi connectivity index (χ4n) is 3.39. The Morgan fingerprint density at radius 2 is 2.29 bits per heavy atom. The smallest absolute Gasteiger partial charge is 0.220 e. The molecule has 21 heavy (non-hydrogen) atoms. The molecule has 1 aliphatic rings. The summed E-state index contributed by atoms with van der Waals surface area (Å²) in [5.41, 5.74) is 5.79. The highest BCUT2D eigenvalue weighted by Gasteiger charge is 2.30. The van der Waals surface area contributed by atoms with Gasteiger partial charge in [0.15, 0.2) is 0 Å². The van der Waals surface area contributed by atoms with Gasteiger partial charge in [0.05, 0.1) is 12.4 Å². The van der Waals surface area contributed by atoms with E-state index in [4.69, 9.17) is 5.73 Å². The molecule has 118 valence electrons. The van der Waals surface area contributed by atoms with Crippen LogP contribution >= 0.6 is 0 Å². The van der Waals surface area contributed by atoms with Gasteiger partial charge in [-0.2, -0.15) is 0 Å². The minimum Gasteiger partial charge on any atom is -0.351 e. The molecule has 2 rings (SSSR count). The van der Waals surface area contributed by atoms with E-state index in [0.29, 0.717) is 24.9 Å². The maximum atomic E-state index is 12.3. The van der Waals surface area contributed by atoms with Crippen LogP contribution in [0.4, 0.5) is 0 Å². The molecule has 0 radical (unpaired) electrons. The second-order valence-electron chi connectivity index (χ2n) is 6.62. The highest BCUT2D eigenvalue weighted by atomic mass is 16.1. The van der Waals surface area contributed by atoms with E-state index in [0.717, 1.165) is 25.7 Å². The van der Waals surface area contributed by atoms with Gasteiger partial charge in [0.25, 0.3) is 0 Å². The Hall–Kier alpha value is -1.36. The first-order valence-electron chi connectivity index (χ1n) is 8.07. The van der Waals surface area contributed by atoms with Crippen LogP contribution in [-0.2, 0) is 4.79 Å². The van der Waals surface area contributed by atoms with Crippen LogP contribution in [0.2, 0.25) is 0 Å². The number of hydrogen-bond acceptors (Lipinski definition) is 3. The predicted molar refractivity (Wildman–Crippen MR) is 83.7 cm³/mol. The molecule has 0 saturated heterocycles. The second-order valence-corrected chi connectivity index (χ2v) is 6.62. The zero-order valence-corrected chi connectivity index (χ0v) is 13.2. The first-order valence-corrected chi connectivity index (χ1v) is 8.07. The molecule has 0 aliphatic heterocycles. The molecular formula is C16H28N4O. The van der Waals surface area contributed by atoms with Crippen LogP contribution in [0, 0.1) is 11.8 Å². The number of amides is 1. The highest BCUT2D eigenvalue weighted by Crippen LogP contribution is 2.30. The van der Waals surface area contributed by atoms with Gasteiger partial charge in [-0.15, -0.1) is 0 Å². The number of nitrogens with one attached hydrogen (secondary N) is 1. The summed E-state index contributed by atoms with van der Waals surface area (Å²) in [6.07, 6.45) is 10.5. The third-order valence-corrected chi connectivity index (χ3v) is 4.35. The Morgan fingerprint density at radius 3 is 2.90 bits per heavy atom. The van der Waals surface area contributed by atoms with Gasteiger partial charge in [-0.05, 0) is 44.1 Å². The Morgan fingerprint density at radius 1 is 1.48 bits per heavy atom. The summed E-state index contributed by atoms with van der Waals surface area (Å²) >= 11 is 0. The van der Waals surface area contributed by atoms with E-state index in [1.807, 2.05) is 12.5 Å². The maximum absolute atomic E-state index is 12.3. The van der Waals surface area contributed by atoms with Crippen LogP contribution in [0.1, 0.15) is 52.0 Å². The zero-order valence-electron chi connectivity index (χ0n) is 13.2. The van der Waals surface area contributed by atoms with Crippen molar-refractivity contribution in [3.63, 3.8) is 0 Å². The lowest BCUT2D eigenvalue weighted by Crippen LogP contribution is -2.39. The number of hydrogen-bond donors (Lipinski definition) is 2. The van der Waals surface area contributed by atoms with Gasteiger partial charge in [0.1, 0.15) is 0 Å². The van der Waals surface area contributed by atoms with Gasteiger partial charge < -0.3 is 15.6 Å². The average Bonchev–Trinajstić information content (AvgIpc) is 3.07. The van der Waals surface area contributed by atoms with E-state index in [9.17, 15) is 4.79 Å². The van der Waals surface area contributed by atoms with Gasteiger partial charge in [0.2, 0.25) is 5.91 Å². The predicted octanol–water partition coefficient (Wildman–Crippen LogP) is 2.10. The average molecular weight is 292 g/mol. The summed E-state index contributed by atoms with van der Waals surface area (Å²) in [6, 6.07) is 0.571. The number of carbonyl (C=O) groups is 1. The number of imidazole rings is 1. The molecule has 3 unspecified atom stereocenters. The molecule has 1 aromatic heterocycles. The number of nitrogens with zero attached hydrogens (tertiary/aromatic N) is 2. The fraction of sp³-hybridized carbons (Fsp3) is 0.750. The summed E-state index contributed by atoms with van der Waals surface area (Å²) in [4.78, 5) is 16.4. The Kier molecular flexibility index (Phi) is 5.79. The van der Waals surface area contributed by atoms with Crippen LogP contribution in [0.15, 0.2) is 18.7 Å². The second kappa shape index (κ2) is 7.59. The van der Waals surface area contributed by atoms with Crippen molar-refractivity contribution in [3.05, 3.63) is 18.7 Å². The molecule has 1 amide bonds. The Bertz CT molecular complexity index is 429. The summed E-state index contributed by atoms with van der Waals surface area (Å²) < 4.78 is 2.12. The van der Waals surface area contributed by atoms with E-state index in [1.54, 1.807) is 6.20 Å². The topological polar surface area (TPSA) is 72.9 Å². The first-order chi connectivity index (χ1) is 10.1. The normalized spacial score (nSPS) is 23.4. The van der Waals surface area contributed by atoms with Gasteiger partial charge >= 0.3 is 0 Å². The third-order valence-electron chi connectivity index (χ3n) is 4.35. The highest BCUT2D eigenvalue weighted by molar-refractivity contribution is 5.76. The first kappa shape index (κ1) is 16.0. The van der Waals surface area contributed by atoms with Crippen molar-refractivity contribution in [2.24, 2.45) is 17.6 Å². The summed E-state index contributed by atoms with van der Waals surface area (Å²) in [5.74, 6) is 1.01. The van der Waals surface area contributed by atoms with Crippen molar-refractivity contribution in [1.29, 1.82) is 0 Å². The zero-order chi connectivity index (χ0) is 15.2. The summed E-state index contributed by atoms with van der Waals surface area (Å²) in [6.45, 7) is 4.93. The van der Waals surface area contributed by atoms with Crippen LogP contribution in [0.3, 0.4) is 0 Å². The SMILES string of the molecule is CC(C)CC(CN)CC(=O)NC1CCCC1n1ccnc1. The molecule has 0 spiro atoms. The van der Waals surface area contributed by atoms with Crippen LogP contribution in [0.25, 0.3) is 0 Å². The third kappa shape index (κ3) is 4.56. The number of carbonyl (C=O) groups excluding carboxylic acids is 1. The lowest BCUT2D eigenvalue weighted by atomic mass is 9.94. The van der Waals surface area contributed by atoms with Gasteiger partial charge in [-0.25, -0.2) is 4.98 Å². The lowest BCUT2D eigenvalue weighted by molar-refractivity contribution is -0.123. The molecule has 1 fully saturated rings. The van der Waals surface area contributed by atoms with Crippen molar-refractivity contribution in [2.45, 2.75) is 58.0 Å². The molecule has 3 N–H and O–H groups in total. The molecule has 1 aromatic rings. The number of nitrogens with two attached hydrogens (primary N) is 1. The molecule has 5 nitrogen and oxygen atoms in total. The summed E-state index contributed by atoms with van der Waals surface area (Å²) in [7, 11) is 0. The largest absolute Gasteiger partial charge is 0.351 e. The van der Waals surface area contributed by atoms with Crippen LogP contribution in [-0.4, -0.2) is 28.0 Å². The van der Waals surface area contributed by atoms with Gasteiger partial charge in [0, 0.05) is 24.9 Å². The minimum absolute atomic E-state index is 0.142. The molecule has 3 atom stereocenters. The minimum atomic E-state index is 0.142. The number of aromatic nitrogens is 2. The van der Waals surface area contributed by atoms with Crippen LogP contribution < -0.4 is 11.1 Å². The summed E-state index contributed by atoms with van der Waals surface area (Å²) in [5, 5.41) is 3.21. The fourth-order valence-corrected chi connectivity index (χ4v) is 3.39. The Labute approximate surface area is 127 Å². The molecule has 1 aliphatic carbocycles. The number of rotatable bonds is 7. The molecule has 1 heterocycles. The lowest BCUT2D eigenvalue weighted by Gasteiger charge is -2.23. The van der Waals surface area contributed by atoms with E-state index in [2.05, 4.69) is 28.7 Å². The van der Waals surface area contributed by atoms with E-state index >= 15 is 0 Å². The molecular weight excluding hydrogens is 264 g/mol. The molecule has 5 heteroatoms. The van der Waals surface area contributed by atoms with Gasteiger partial charge in [-0.1, -0.05) is 13.8 Å². The molecule has 0 aromatic carbocycles. The quantitative estimate of drug-likeness (QED) is 0.808. The van der Waals surface area contributed by atoms with E-state index in [-0.39, 0.29) is 17.9 Å². The monoisotopic (exact) mass is 292 g/mol. The maximum Gasteiger partial charge on any atom is 0.220 e. The van der Waals surface area contributed by atoms with Crippen molar-refractivity contribution < 1.29 is 4.79 Å². The van der Waals surface area contributed by atoms with Crippen molar-refractivity contribution in [1.82, 2.24) is 14.9 Å².